The predicted octanol–water partition coefficient (Wildman–Crippen LogP) is 2.07. The van der Waals surface area contributed by atoms with Crippen LogP contribution in [0.1, 0.15) is 38.5 Å². The molecule has 1 aliphatic rings. The van der Waals surface area contributed by atoms with E-state index in [1.807, 2.05) is 38.1 Å². The van der Waals surface area contributed by atoms with Crippen molar-refractivity contribution in [1.29, 1.82) is 0 Å². The quantitative estimate of drug-likeness (QED) is 0.358. The van der Waals surface area contributed by atoms with E-state index < -0.39 is 0 Å². The first kappa shape index (κ1) is 22.8. The van der Waals surface area contributed by atoms with Gasteiger partial charge in [-0.05, 0) is 39.6 Å². The molecule has 0 spiro atoms. The summed E-state index contributed by atoms with van der Waals surface area (Å²) in [5.41, 5.74) is 0. The number of rotatable bonds is 7. The van der Waals surface area contributed by atoms with Gasteiger partial charge in [0.25, 0.3) is 0 Å². The molecular weight excluding hydrogens is 445 g/mol. The number of carbonyl (C=O) groups excluding carboxylic acids is 1. The van der Waals surface area contributed by atoms with Crippen LogP contribution in [0.25, 0.3) is 0 Å². The number of guanidine groups is 1. The summed E-state index contributed by atoms with van der Waals surface area (Å²) < 4.78 is 5.54. The van der Waals surface area contributed by atoms with Gasteiger partial charge in [0, 0.05) is 32.1 Å². The Balaban J connectivity index is 0.00000338. The fourth-order valence-corrected chi connectivity index (χ4v) is 3.01. The molecule has 2 unspecified atom stereocenters. The Morgan fingerprint density at radius 1 is 1.46 bits per heavy atom. The number of carbonyl (C=O) groups is 1. The van der Waals surface area contributed by atoms with Gasteiger partial charge in [0.1, 0.15) is 5.76 Å². The van der Waals surface area contributed by atoms with E-state index in [-0.39, 0.29) is 42.0 Å². The van der Waals surface area contributed by atoms with Gasteiger partial charge in [0.15, 0.2) is 5.96 Å². The summed E-state index contributed by atoms with van der Waals surface area (Å²) in [4.78, 5) is 20.6. The van der Waals surface area contributed by atoms with Gasteiger partial charge in [-0.1, -0.05) is 6.92 Å². The van der Waals surface area contributed by atoms with Crippen LogP contribution < -0.4 is 10.6 Å². The molecule has 148 valence electrons. The molecule has 1 aromatic rings. The molecule has 2 heterocycles. The highest BCUT2D eigenvalue weighted by Gasteiger charge is 2.26. The van der Waals surface area contributed by atoms with E-state index in [9.17, 15) is 4.79 Å². The fraction of sp³-hybridized carbons (Fsp3) is 0.667. The summed E-state index contributed by atoms with van der Waals surface area (Å²) in [5, 5.41) is 6.75. The van der Waals surface area contributed by atoms with Gasteiger partial charge in [-0.25, -0.2) is 0 Å². The lowest BCUT2D eigenvalue weighted by Crippen LogP contribution is -2.45. The highest BCUT2D eigenvalue weighted by molar-refractivity contribution is 14.0. The average molecular weight is 477 g/mol. The van der Waals surface area contributed by atoms with Crippen molar-refractivity contribution in [2.45, 2.75) is 38.8 Å². The van der Waals surface area contributed by atoms with Gasteiger partial charge in [0.05, 0.1) is 18.8 Å². The first-order valence-corrected chi connectivity index (χ1v) is 9.07. The second kappa shape index (κ2) is 11.4. The first-order valence-electron chi connectivity index (χ1n) is 9.07. The number of furan rings is 1. The minimum atomic E-state index is 0. The van der Waals surface area contributed by atoms with Gasteiger partial charge in [-0.3, -0.25) is 14.7 Å². The molecule has 2 rings (SSSR count). The number of likely N-dealkylation sites (tertiary alicyclic amines) is 1. The van der Waals surface area contributed by atoms with E-state index in [0.29, 0.717) is 13.0 Å². The standard InChI is InChI=1S/C18H31N5O2.HI/c1-5-17(24)23-10-9-14(13-23)21-18(19-6-2)20-12-15(22(3)4)16-8-7-11-25-16;/h7-8,11,14-15H,5-6,9-10,12-13H2,1-4H3,(H2,19,20,21);1H. The van der Waals surface area contributed by atoms with E-state index in [1.54, 1.807) is 6.26 Å². The Bertz CT molecular complexity index is 562. The molecule has 7 nitrogen and oxygen atoms in total. The van der Waals surface area contributed by atoms with Crippen molar-refractivity contribution in [1.82, 2.24) is 20.4 Å². The highest BCUT2D eigenvalue weighted by atomic mass is 127. The number of nitrogens with one attached hydrogen (secondary N) is 2. The topological polar surface area (TPSA) is 73.1 Å². The largest absolute Gasteiger partial charge is 0.468 e. The maximum atomic E-state index is 11.8. The van der Waals surface area contributed by atoms with E-state index in [0.717, 1.165) is 37.8 Å². The lowest BCUT2D eigenvalue weighted by molar-refractivity contribution is -0.129. The molecule has 0 saturated carbocycles. The van der Waals surface area contributed by atoms with E-state index in [4.69, 9.17) is 9.41 Å². The summed E-state index contributed by atoms with van der Waals surface area (Å²) in [7, 11) is 4.04. The molecule has 2 atom stereocenters. The summed E-state index contributed by atoms with van der Waals surface area (Å²) in [6, 6.07) is 4.21. The molecule has 1 aromatic heterocycles. The van der Waals surface area contributed by atoms with Crippen molar-refractivity contribution in [2.75, 3.05) is 40.3 Å². The summed E-state index contributed by atoms with van der Waals surface area (Å²) in [6.45, 7) is 6.91. The number of hydrogen-bond acceptors (Lipinski definition) is 4. The Kier molecular flexibility index (Phi) is 10.0. The van der Waals surface area contributed by atoms with Crippen LogP contribution in [-0.4, -0.2) is 68.0 Å². The lowest BCUT2D eigenvalue weighted by atomic mass is 10.2. The maximum absolute atomic E-state index is 11.8. The van der Waals surface area contributed by atoms with Crippen LogP contribution in [0.3, 0.4) is 0 Å². The normalized spacial score (nSPS) is 18.6. The number of likely N-dealkylation sites (N-methyl/N-ethyl adjacent to an activating group) is 1. The molecule has 1 aliphatic heterocycles. The molecule has 8 heteroatoms. The third-order valence-electron chi connectivity index (χ3n) is 4.45. The Morgan fingerprint density at radius 3 is 2.81 bits per heavy atom. The monoisotopic (exact) mass is 477 g/mol. The minimum Gasteiger partial charge on any atom is -0.468 e. The summed E-state index contributed by atoms with van der Waals surface area (Å²) in [5.74, 6) is 1.92. The van der Waals surface area contributed by atoms with Crippen molar-refractivity contribution in [3.05, 3.63) is 24.2 Å². The molecule has 1 amide bonds. The smallest absolute Gasteiger partial charge is 0.222 e. The second-order valence-electron chi connectivity index (χ2n) is 6.54. The van der Waals surface area contributed by atoms with E-state index >= 15 is 0 Å². The van der Waals surface area contributed by atoms with Gasteiger partial charge >= 0.3 is 0 Å². The van der Waals surface area contributed by atoms with Crippen molar-refractivity contribution in [3.63, 3.8) is 0 Å². The van der Waals surface area contributed by atoms with Crippen LogP contribution in [0.5, 0.6) is 0 Å². The number of halogens is 1. The Labute approximate surface area is 173 Å². The summed E-state index contributed by atoms with van der Waals surface area (Å²) >= 11 is 0. The number of hydrogen-bond donors (Lipinski definition) is 2. The highest BCUT2D eigenvalue weighted by Crippen LogP contribution is 2.19. The molecule has 1 saturated heterocycles. The SMILES string of the molecule is CCNC(=NCC(c1ccco1)N(C)C)NC1CCN(C(=O)CC)C1.I. The molecule has 26 heavy (non-hydrogen) atoms. The van der Waals surface area contributed by atoms with Gasteiger partial charge in [-0.2, -0.15) is 0 Å². The fourth-order valence-electron chi connectivity index (χ4n) is 3.01. The van der Waals surface area contributed by atoms with Crippen molar-refractivity contribution < 1.29 is 9.21 Å². The van der Waals surface area contributed by atoms with Crippen LogP contribution in [0.15, 0.2) is 27.8 Å². The molecular formula is C18H32IN5O2. The minimum absolute atomic E-state index is 0. The van der Waals surface area contributed by atoms with Crippen LogP contribution in [-0.2, 0) is 4.79 Å². The number of nitrogens with zero attached hydrogens (tertiary/aromatic N) is 3. The zero-order valence-electron chi connectivity index (χ0n) is 16.2. The first-order chi connectivity index (χ1) is 12.0. The van der Waals surface area contributed by atoms with Crippen LogP contribution in [0.2, 0.25) is 0 Å². The Morgan fingerprint density at radius 2 is 2.23 bits per heavy atom. The zero-order chi connectivity index (χ0) is 18.2. The van der Waals surface area contributed by atoms with Crippen LogP contribution in [0, 0.1) is 0 Å². The molecule has 0 bridgehead atoms. The third kappa shape index (κ3) is 6.46. The average Bonchev–Trinajstić information content (AvgIpc) is 3.26. The maximum Gasteiger partial charge on any atom is 0.222 e. The van der Waals surface area contributed by atoms with Crippen LogP contribution in [0.4, 0.5) is 0 Å². The summed E-state index contributed by atoms with van der Waals surface area (Å²) in [6.07, 6.45) is 3.21. The van der Waals surface area contributed by atoms with Gasteiger partial charge in [0.2, 0.25) is 5.91 Å². The third-order valence-corrected chi connectivity index (χ3v) is 4.45. The molecule has 0 radical (unpaired) electrons. The van der Waals surface area contributed by atoms with Crippen LogP contribution >= 0.6 is 24.0 Å². The van der Waals surface area contributed by atoms with Crippen molar-refractivity contribution in [2.24, 2.45) is 4.99 Å². The predicted molar refractivity (Wildman–Crippen MR) is 115 cm³/mol. The molecule has 0 aliphatic carbocycles. The van der Waals surface area contributed by atoms with Gasteiger partial charge in [-0.15, -0.1) is 24.0 Å². The second-order valence-corrected chi connectivity index (χ2v) is 6.54. The number of amides is 1. The van der Waals surface area contributed by atoms with E-state index in [1.165, 1.54) is 0 Å². The molecule has 2 N–H and O–H groups in total. The van der Waals surface area contributed by atoms with Gasteiger partial charge < -0.3 is 20.0 Å². The molecule has 1 fully saturated rings. The lowest BCUT2D eigenvalue weighted by Gasteiger charge is -2.22. The molecule has 0 aromatic carbocycles. The number of aliphatic imine (C=N–C) groups is 1. The zero-order valence-corrected chi connectivity index (χ0v) is 18.5. The van der Waals surface area contributed by atoms with Crippen molar-refractivity contribution >= 4 is 35.8 Å². The van der Waals surface area contributed by atoms with Crippen molar-refractivity contribution in [3.8, 4) is 0 Å². The Hall–Kier alpha value is -1.29. The van der Waals surface area contributed by atoms with E-state index in [2.05, 4.69) is 22.5 Å².